The minimum absolute atomic E-state index is 0.593. The van der Waals surface area contributed by atoms with Crippen molar-refractivity contribution >= 4 is 0 Å². The van der Waals surface area contributed by atoms with E-state index in [0.29, 0.717) is 5.41 Å². The first-order chi connectivity index (χ1) is 8.41. The SMILES string of the molecule is CC(C)CNCCCN(C)C1CCC(C)(C)CC1. The summed E-state index contributed by atoms with van der Waals surface area (Å²) in [6.45, 7) is 12.9. The first kappa shape index (κ1) is 16.0. The van der Waals surface area contributed by atoms with Gasteiger partial charge >= 0.3 is 0 Å². The van der Waals surface area contributed by atoms with Crippen molar-refractivity contribution < 1.29 is 0 Å². The molecule has 0 aromatic rings. The molecule has 0 aromatic carbocycles. The topological polar surface area (TPSA) is 15.3 Å². The first-order valence-corrected chi connectivity index (χ1v) is 7.82. The third-order valence-corrected chi connectivity index (χ3v) is 4.35. The van der Waals surface area contributed by atoms with E-state index >= 15 is 0 Å². The van der Waals surface area contributed by atoms with Gasteiger partial charge in [-0.05, 0) is 70.1 Å². The van der Waals surface area contributed by atoms with E-state index in [0.717, 1.165) is 18.5 Å². The lowest BCUT2D eigenvalue weighted by Gasteiger charge is -2.38. The van der Waals surface area contributed by atoms with Crippen LogP contribution >= 0.6 is 0 Å². The molecule has 0 saturated heterocycles. The highest BCUT2D eigenvalue weighted by atomic mass is 15.1. The molecule has 1 rings (SSSR count). The average molecular weight is 254 g/mol. The Morgan fingerprint density at radius 1 is 1.22 bits per heavy atom. The molecule has 0 unspecified atom stereocenters. The maximum Gasteiger partial charge on any atom is 0.00926 e. The largest absolute Gasteiger partial charge is 0.316 e. The van der Waals surface area contributed by atoms with Crippen molar-refractivity contribution in [1.29, 1.82) is 0 Å². The summed E-state index contributed by atoms with van der Waals surface area (Å²) < 4.78 is 0. The van der Waals surface area contributed by atoms with Crippen molar-refractivity contribution in [2.45, 2.75) is 65.8 Å². The molecule has 0 spiro atoms. The van der Waals surface area contributed by atoms with Gasteiger partial charge in [-0.15, -0.1) is 0 Å². The predicted molar refractivity (Wildman–Crippen MR) is 81.0 cm³/mol. The predicted octanol–water partition coefficient (Wildman–Crippen LogP) is 3.52. The van der Waals surface area contributed by atoms with Crippen LogP contribution in [0.3, 0.4) is 0 Å². The van der Waals surface area contributed by atoms with Crippen LogP contribution < -0.4 is 5.32 Å². The lowest BCUT2D eigenvalue weighted by molar-refractivity contribution is 0.127. The molecule has 0 aromatic heterocycles. The summed E-state index contributed by atoms with van der Waals surface area (Å²) >= 11 is 0. The van der Waals surface area contributed by atoms with E-state index in [4.69, 9.17) is 0 Å². The van der Waals surface area contributed by atoms with Crippen LogP contribution in [0.2, 0.25) is 0 Å². The van der Waals surface area contributed by atoms with Gasteiger partial charge in [-0.1, -0.05) is 27.7 Å². The Labute approximate surface area is 115 Å². The molecule has 0 aliphatic heterocycles. The Kier molecular flexibility index (Phi) is 6.65. The van der Waals surface area contributed by atoms with Crippen LogP contribution in [-0.4, -0.2) is 37.6 Å². The van der Waals surface area contributed by atoms with Crippen LogP contribution in [0.15, 0.2) is 0 Å². The van der Waals surface area contributed by atoms with Gasteiger partial charge in [-0.3, -0.25) is 0 Å². The minimum atomic E-state index is 0.593. The van der Waals surface area contributed by atoms with Crippen molar-refractivity contribution in [2.24, 2.45) is 11.3 Å². The van der Waals surface area contributed by atoms with Crippen LogP contribution in [0.5, 0.6) is 0 Å². The van der Waals surface area contributed by atoms with Crippen LogP contribution in [0.1, 0.15) is 59.8 Å². The fourth-order valence-corrected chi connectivity index (χ4v) is 2.85. The van der Waals surface area contributed by atoms with E-state index in [-0.39, 0.29) is 0 Å². The fraction of sp³-hybridized carbons (Fsp3) is 1.00. The molecule has 1 aliphatic rings. The van der Waals surface area contributed by atoms with E-state index in [9.17, 15) is 0 Å². The molecule has 2 heteroatoms. The van der Waals surface area contributed by atoms with Gasteiger partial charge in [0, 0.05) is 6.04 Å². The third kappa shape index (κ3) is 6.19. The van der Waals surface area contributed by atoms with Crippen molar-refractivity contribution in [3.63, 3.8) is 0 Å². The Balaban J connectivity index is 2.08. The summed E-state index contributed by atoms with van der Waals surface area (Å²) in [5.41, 5.74) is 0.593. The quantitative estimate of drug-likeness (QED) is 0.699. The van der Waals surface area contributed by atoms with E-state index in [2.05, 4.69) is 45.0 Å². The van der Waals surface area contributed by atoms with Crippen molar-refractivity contribution in [2.75, 3.05) is 26.7 Å². The van der Waals surface area contributed by atoms with Gasteiger partial charge in [0.1, 0.15) is 0 Å². The number of rotatable bonds is 7. The van der Waals surface area contributed by atoms with Crippen molar-refractivity contribution in [3.8, 4) is 0 Å². The summed E-state index contributed by atoms with van der Waals surface area (Å²) in [4.78, 5) is 2.59. The third-order valence-electron chi connectivity index (χ3n) is 4.35. The first-order valence-electron chi connectivity index (χ1n) is 7.82. The fourth-order valence-electron chi connectivity index (χ4n) is 2.85. The zero-order chi connectivity index (χ0) is 13.6. The molecule has 0 heterocycles. The smallest absolute Gasteiger partial charge is 0.00926 e. The molecule has 108 valence electrons. The zero-order valence-corrected chi connectivity index (χ0v) is 13.3. The molecule has 2 nitrogen and oxygen atoms in total. The molecule has 0 atom stereocenters. The van der Waals surface area contributed by atoms with Gasteiger partial charge in [0.05, 0.1) is 0 Å². The summed E-state index contributed by atoms with van der Waals surface area (Å²) in [5.74, 6) is 0.767. The molecule has 0 bridgehead atoms. The molecule has 0 radical (unpaired) electrons. The number of hydrogen-bond acceptors (Lipinski definition) is 2. The maximum absolute atomic E-state index is 3.53. The molecule has 0 amide bonds. The highest BCUT2D eigenvalue weighted by Gasteiger charge is 2.28. The van der Waals surface area contributed by atoms with E-state index in [1.54, 1.807) is 0 Å². The lowest BCUT2D eigenvalue weighted by atomic mass is 9.75. The van der Waals surface area contributed by atoms with E-state index in [1.165, 1.54) is 45.2 Å². The normalized spacial score (nSPS) is 20.8. The molecule has 1 aliphatic carbocycles. The molecule has 1 N–H and O–H groups in total. The van der Waals surface area contributed by atoms with E-state index < -0.39 is 0 Å². The average Bonchev–Trinajstić information content (AvgIpc) is 2.27. The lowest BCUT2D eigenvalue weighted by Crippen LogP contribution is -2.38. The second-order valence-corrected chi connectivity index (χ2v) is 7.33. The van der Waals surface area contributed by atoms with Gasteiger partial charge < -0.3 is 10.2 Å². The van der Waals surface area contributed by atoms with Gasteiger partial charge in [0.2, 0.25) is 0 Å². The Morgan fingerprint density at radius 3 is 2.39 bits per heavy atom. The Bertz CT molecular complexity index is 213. The van der Waals surface area contributed by atoms with Crippen LogP contribution in [0.25, 0.3) is 0 Å². The molecular formula is C16H34N2. The minimum Gasteiger partial charge on any atom is -0.316 e. The number of hydrogen-bond donors (Lipinski definition) is 1. The van der Waals surface area contributed by atoms with Crippen molar-refractivity contribution in [3.05, 3.63) is 0 Å². The Morgan fingerprint density at radius 2 is 1.83 bits per heavy atom. The standard InChI is InChI=1S/C16H34N2/c1-14(2)13-17-11-6-12-18(5)15-7-9-16(3,4)10-8-15/h14-15,17H,6-13H2,1-5H3. The highest BCUT2D eigenvalue weighted by Crippen LogP contribution is 2.36. The molecule has 18 heavy (non-hydrogen) atoms. The number of nitrogens with zero attached hydrogens (tertiary/aromatic N) is 1. The van der Waals surface area contributed by atoms with Gasteiger partial charge in [0.15, 0.2) is 0 Å². The maximum atomic E-state index is 3.53. The second kappa shape index (κ2) is 7.49. The van der Waals surface area contributed by atoms with Crippen LogP contribution in [-0.2, 0) is 0 Å². The zero-order valence-electron chi connectivity index (χ0n) is 13.3. The number of nitrogens with one attached hydrogen (secondary N) is 1. The van der Waals surface area contributed by atoms with E-state index in [1.807, 2.05) is 0 Å². The van der Waals surface area contributed by atoms with Gasteiger partial charge in [-0.2, -0.15) is 0 Å². The highest BCUT2D eigenvalue weighted by molar-refractivity contribution is 4.82. The summed E-state index contributed by atoms with van der Waals surface area (Å²) in [6, 6.07) is 0.836. The van der Waals surface area contributed by atoms with Crippen LogP contribution in [0.4, 0.5) is 0 Å². The molecule has 1 fully saturated rings. The van der Waals surface area contributed by atoms with Crippen molar-refractivity contribution in [1.82, 2.24) is 10.2 Å². The Hall–Kier alpha value is -0.0800. The van der Waals surface area contributed by atoms with Gasteiger partial charge in [-0.25, -0.2) is 0 Å². The summed E-state index contributed by atoms with van der Waals surface area (Å²) in [6.07, 6.45) is 6.86. The van der Waals surface area contributed by atoms with Crippen LogP contribution in [0, 0.1) is 11.3 Å². The molecular weight excluding hydrogens is 220 g/mol. The summed E-state index contributed by atoms with van der Waals surface area (Å²) in [7, 11) is 2.31. The summed E-state index contributed by atoms with van der Waals surface area (Å²) in [5, 5.41) is 3.53. The molecule has 1 saturated carbocycles. The second-order valence-electron chi connectivity index (χ2n) is 7.33. The van der Waals surface area contributed by atoms with Gasteiger partial charge in [0.25, 0.3) is 0 Å². The monoisotopic (exact) mass is 254 g/mol.